The average molecular weight is 369 g/mol. The lowest BCUT2D eigenvalue weighted by molar-refractivity contribution is 0.396. The van der Waals surface area contributed by atoms with Gasteiger partial charge >= 0.3 is 0 Å². The lowest BCUT2D eigenvalue weighted by atomic mass is 9.87. The van der Waals surface area contributed by atoms with Crippen molar-refractivity contribution >= 4 is 38.2 Å². The maximum Gasteiger partial charge on any atom is 0.184 e. The molecular weight excluding hydrogens is 349 g/mol. The maximum absolute atomic E-state index is 13.5. The highest BCUT2D eigenvalue weighted by Gasteiger charge is 2.31. The number of halogens is 1. The zero-order chi connectivity index (χ0) is 17.5. The van der Waals surface area contributed by atoms with Crippen molar-refractivity contribution in [3.63, 3.8) is 0 Å². The molecule has 0 aliphatic heterocycles. The predicted molar refractivity (Wildman–Crippen MR) is 105 cm³/mol. The molecule has 1 aromatic carbocycles. The van der Waals surface area contributed by atoms with Gasteiger partial charge in [0.2, 0.25) is 0 Å². The number of benzene rings is 1. The number of aromatic nitrogens is 2. The Kier molecular flexibility index (Phi) is 3.89. The molecule has 2 aliphatic carbocycles. The Morgan fingerprint density at radius 1 is 1.00 bits per heavy atom. The quantitative estimate of drug-likeness (QED) is 0.599. The molecule has 5 nitrogen and oxygen atoms in total. The topological polar surface area (TPSA) is 61.9 Å². The van der Waals surface area contributed by atoms with Gasteiger partial charge in [-0.25, -0.2) is 14.4 Å². The van der Waals surface area contributed by atoms with Crippen LogP contribution in [-0.4, -0.2) is 28.1 Å². The SMILES string of the molecule is Fc1cnc(NC2CC(Nc3nc4ccccc4s3)C2)c(NC2CC2)c1. The Balaban J connectivity index is 1.19. The first-order valence-corrected chi connectivity index (χ1v) is 9.85. The number of rotatable bonds is 6. The second kappa shape index (κ2) is 6.39. The second-order valence-corrected chi connectivity index (χ2v) is 8.14. The highest BCUT2D eigenvalue weighted by atomic mass is 32.1. The normalized spacial score (nSPS) is 22.0. The van der Waals surface area contributed by atoms with E-state index in [1.165, 1.54) is 17.0 Å². The number of pyridine rings is 1. The third-order valence-electron chi connectivity index (χ3n) is 4.89. The molecule has 0 atom stereocenters. The first-order valence-electron chi connectivity index (χ1n) is 9.04. The van der Waals surface area contributed by atoms with Crippen LogP contribution >= 0.6 is 11.3 Å². The smallest absolute Gasteiger partial charge is 0.184 e. The Bertz CT molecular complexity index is 900. The molecule has 2 aromatic heterocycles. The van der Waals surface area contributed by atoms with Crippen LogP contribution in [0.3, 0.4) is 0 Å². The van der Waals surface area contributed by atoms with Gasteiger partial charge in [-0.1, -0.05) is 23.5 Å². The van der Waals surface area contributed by atoms with Crippen LogP contribution in [0, 0.1) is 5.82 Å². The molecule has 0 radical (unpaired) electrons. The molecule has 0 amide bonds. The van der Waals surface area contributed by atoms with E-state index in [2.05, 4.69) is 32.0 Å². The van der Waals surface area contributed by atoms with Crippen LogP contribution in [0.2, 0.25) is 0 Å². The summed E-state index contributed by atoms with van der Waals surface area (Å²) in [7, 11) is 0. The van der Waals surface area contributed by atoms with E-state index in [9.17, 15) is 4.39 Å². The van der Waals surface area contributed by atoms with Gasteiger partial charge in [-0.15, -0.1) is 0 Å². The van der Waals surface area contributed by atoms with Crippen molar-refractivity contribution in [1.29, 1.82) is 0 Å². The second-order valence-electron chi connectivity index (χ2n) is 7.11. The molecule has 2 saturated carbocycles. The molecule has 3 N–H and O–H groups in total. The molecular formula is C19H20FN5S. The monoisotopic (exact) mass is 369 g/mol. The summed E-state index contributed by atoms with van der Waals surface area (Å²) in [5.41, 5.74) is 1.82. The molecule has 2 aliphatic rings. The minimum atomic E-state index is -0.303. The largest absolute Gasteiger partial charge is 0.379 e. The highest BCUT2D eigenvalue weighted by Crippen LogP contribution is 2.34. The number of para-hydroxylation sites is 1. The van der Waals surface area contributed by atoms with Crippen LogP contribution in [0.4, 0.5) is 21.0 Å². The molecule has 26 heavy (non-hydrogen) atoms. The van der Waals surface area contributed by atoms with Crippen molar-refractivity contribution < 1.29 is 4.39 Å². The van der Waals surface area contributed by atoms with E-state index in [0.717, 1.165) is 47.8 Å². The fourth-order valence-electron chi connectivity index (χ4n) is 3.27. The first-order chi connectivity index (χ1) is 12.7. The van der Waals surface area contributed by atoms with Gasteiger partial charge in [0, 0.05) is 24.2 Å². The number of anilines is 3. The predicted octanol–water partition coefficient (Wildman–Crippen LogP) is 4.46. The summed E-state index contributed by atoms with van der Waals surface area (Å²) in [4.78, 5) is 8.87. The third-order valence-corrected chi connectivity index (χ3v) is 5.86. The van der Waals surface area contributed by atoms with Crippen LogP contribution in [0.25, 0.3) is 10.2 Å². The molecule has 0 saturated heterocycles. The fraction of sp³-hybridized carbons (Fsp3) is 0.368. The summed E-state index contributed by atoms with van der Waals surface area (Å²) >= 11 is 1.69. The first kappa shape index (κ1) is 15.8. The van der Waals surface area contributed by atoms with E-state index in [1.54, 1.807) is 11.3 Å². The lowest BCUT2D eigenvalue weighted by Crippen LogP contribution is -2.43. The molecule has 3 aromatic rings. The lowest BCUT2D eigenvalue weighted by Gasteiger charge is -2.36. The summed E-state index contributed by atoms with van der Waals surface area (Å²) in [5, 5.41) is 11.3. The number of thiazole rings is 1. The van der Waals surface area contributed by atoms with Crippen LogP contribution in [-0.2, 0) is 0 Å². The molecule has 7 heteroatoms. The standard InChI is InChI=1S/C19H20FN5S/c20-11-7-16(22-12-5-6-12)18(21-10-11)23-13-8-14(9-13)24-19-25-15-3-1-2-4-17(15)26-19/h1-4,7,10,12-14,22H,5-6,8-9H2,(H,21,23)(H,24,25). The Labute approximate surface area is 155 Å². The molecule has 2 fully saturated rings. The molecule has 5 rings (SSSR count). The van der Waals surface area contributed by atoms with Crippen LogP contribution in [0.1, 0.15) is 25.7 Å². The third kappa shape index (κ3) is 3.31. The van der Waals surface area contributed by atoms with Crippen molar-refractivity contribution in [1.82, 2.24) is 9.97 Å². The van der Waals surface area contributed by atoms with E-state index >= 15 is 0 Å². The fourth-order valence-corrected chi connectivity index (χ4v) is 4.21. The van der Waals surface area contributed by atoms with Gasteiger partial charge in [0.15, 0.2) is 5.13 Å². The minimum Gasteiger partial charge on any atom is -0.379 e. The number of nitrogens with zero attached hydrogens (tertiary/aromatic N) is 2. The number of hydrogen-bond acceptors (Lipinski definition) is 6. The van der Waals surface area contributed by atoms with E-state index < -0.39 is 0 Å². The summed E-state index contributed by atoms with van der Waals surface area (Å²) in [5.74, 6) is 0.449. The van der Waals surface area contributed by atoms with Crippen LogP contribution in [0.15, 0.2) is 36.5 Å². The Hall–Kier alpha value is -2.41. The van der Waals surface area contributed by atoms with Crippen molar-refractivity contribution in [3.05, 3.63) is 42.3 Å². The van der Waals surface area contributed by atoms with Gasteiger partial charge < -0.3 is 16.0 Å². The van der Waals surface area contributed by atoms with Gasteiger partial charge in [-0.3, -0.25) is 0 Å². The van der Waals surface area contributed by atoms with Crippen molar-refractivity contribution in [2.24, 2.45) is 0 Å². The minimum absolute atomic E-state index is 0.303. The zero-order valence-electron chi connectivity index (χ0n) is 14.2. The van der Waals surface area contributed by atoms with Gasteiger partial charge in [0.1, 0.15) is 11.6 Å². The zero-order valence-corrected chi connectivity index (χ0v) is 15.0. The molecule has 2 heterocycles. The Morgan fingerprint density at radius 2 is 1.81 bits per heavy atom. The van der Waals surface area contributed by atoms with E-state index in [1.807, 2.05) is 18.2 Å². The number of fused-ring (bicyclic) bond motifs is 1. The van der Waals surface area contributed by atoms with Crippen molar-refractivity contribution in [2.45, 2.75) is 43.8 Å². The van der Waals surface area contributed by atoms with Gasteiger partial charge in [-0.2, -0.15) is 0 Å². The van der Waals surface area contributed by atoms with Gasteiger partial charge in [0.25, 0.3) is 0 Å². The number of hydrogen-bond donors (Lipinski definition) is 3. The Morgan fingerprint density at radius 3 is 2.62 bits per heavy atom. The average Bonchev–Trinajstić information content (AvgIpc) is 3.31. The van der Waals surface area contributed by atoms with Crippen LogP contribution in [0.5, 0.6) is 0 Å². The summed E-state index contributed by atoms with van der Waals surface area (Å²) < 4.78 is 14.7. The summed E-state index contributed by atoms with van der Waals surface area (Å²) in [6.07, 6.45) is 5.56. The number of nitrogens with one attached hydrogen (secondary N) is 3. The molecule has 0 bridgehead atoms. The van der Waals surface area contributed by atoms with E-state index in [0.29, 0.717) is 18.1 Å². The van der Waals surface area contributed by atoms with Gasteiger partial charge in [0.05, 0.1) is 22.1 Å². The van der Waals surface area contributed by atoms with Crippen molar-refractivity contribution in [2.75, 3.05) is 16.0 Å². The van der Waals surface area contributed by atoms with Crippen LogP contribution < -0.4 is 16.0 Å². The summed E-state index contributed by atoms with van der Waals surface area (Å²) in [6.45, 7) is 0. The van der Waals surface area contributed by atoms with Crippen molar-refractivity contribution in [3.8, 4) is 0 Å². The molecule has 0 spiro atoms. The van der Waals surface area contributed by atoms with E-state index in [-0.39, 0.29) is 5.82 Å². The van der Waals surface area contributed by atoms with E-state index in [4.69, 9.17) is 0 Å². The maximum atomic E-state index is 13.5. The molecule has 0 unspecified atom stereocenters. The molecule has 134 valence electrons. The highest BCUT2D eigenvalue weighted by molar-refractivity contribution is 7.22. The summed E-state index contributed by atoms with van der Waals surface area (Å²) in [6, 6.07) is 10.9. The van der Waals surface area contributed by atoms with Gasteiger partial charge in [-0.05, 0) is 37.8 Å².